The predicted molar refractivity (Wildman–Crippen MR) is 112 cm³/mol. The number of thioether (sulfide) groups is 1. The lowest BCUT2D eigenvalue weighted by molar-refractivity contribution is -0.120. The summed E-state index contributed by atoms with van der Waals surface area (Å²) < 4.78 is 27.9. The molecular formula is C17H21ClN4O3S3. The normalized spacial score (nSPS) is 18.1. The highest BCUT2D eigenvalue weighted by Gasteiger charge is 2.33. The molecule has 0 radical (unpaired) electrons. The summed E-state index contributed by atoms with van der Waals surface area (Å²) in [5.41, 5.74) is 0. The minimum Gasteiger partial charge on any atom is -0.300 e. The maximum atomic E-state index is 12.9. The Bertz CT molecular complexity index is 918. The largest absolute Gasteiger partial charge is 0.300 e. The molecule has 7 nitrogen and oxygen atoms in total. The lowest BCUT2D eigenvalue weighted by Crippen LogP contribution is -2.43. The number of hydrogen-bond acceptors (Lipinski definition) is 7. The van der Waals surface area contributed by atoms with Crippen molar-refractivity contribution < 1.29 is 13.2 Å². The molecular weight excluding hydrogens is 440 g/mol. The number of sulfonamides is 1. The van der Waals surface area contributed by atoms with Gasteiger partial charge in [0.2, 0.25) is 21.1 Å². The standard InChI is InChI=1S/C17H21ClN4O3S3/c1-2-10-26-17-21-20-16(27-17)19-15(23)12-4-3-9-22(11-12)28(24,25)14-7-5-13(18)6-8-14/h5-8,12H,2-4,9-11H2,1H3,(H,19,20,23)/t12-/m1/s1. The molecule has 1 aliphatic rings. The zero-order chi connectivity index (χ0) is 20.1. The number of aromatic nitrogens is 2. The lowest BCUT2D eigenvalue weighted by Gasteiger charge is -2.31. The Morgan fingerprint density at radius 1 is 1.36 bits per heavy atom. The first-order valence-electron chi connectivity index (χ1n) is 8.93. The molecule has 1 atom stereocenters. The second kappa shape index (κ2) is 9.53. The molecule has 1 fully saturated rings. The lowest BCUT2D eigenvalue weighted by atomic mass is 9.99. The fourth-order valence-electron chi connectivity index (χ4n) is 2.85. The maximum absolute atomic E-state index is 12.9. The highest BCUT2D eigenvalue weighted by Crippen LogP contribution is 2.28. The molecule has 0 aliphatic carbocycles. The summed E-state index contributed by atoms with van der Waals surface area (Å²) in [4.78, 5) is 12.8. The second-order valence-corrected chi connectivity index (χ2v) is 11.1. The molecule has 3 rings (SSSR count). The van der Waals surface area contributed by atoms with Crippen LogP contribution in [-0.4, -0.2) is 47.7 Å². The third-order valence-corrected chi connectivity index (χ3v) is 8.58. The van der Waals surface area contributed by atoms with Crippen molar-refractivity contribution in [2.45, 2.75) is 35.4 Å². The first kappa shape index (κ1) is 21.5. The number of halogens is 1. The molecule has 0 unspecified atom stereocenters. The number of amides is 1. The number of nitrogens with one attached hydrogen (secondary N) is 1. The number of hydrogen-bond donors (Lipinski definition) is 1. The van der Waals surface area contributed by atoms with Crippen molar-refractivity contribution >= 4 is 55.8 Å². The van der Waals surface area contributed by atoms with Gasteiger partial charge in [-0.05, 0) is 43.5 Å². The van der Waals surface area contributed by atoms with E-state index in [1.807, 2.05) is 0 Å². The fourth-order valence-corrected chi connectivity index (χ4v) is 6.18. The molecule has 1 saturated heterocycles. The van der Waals surface area contributed by atoms with E-state index in [-0.39, 0.29) is 17.3 Å². The van der Waals surface area contributed by atoms with Gasteiger partial charge in [-0.1, -0.05) is 41.6 Å². The van der Waals surface area contributed by atoms with E-state index in [9.17, 15) is 13.2 Å². The zero-order valence-corrected chi connectivity index (χ0v) is 18.5. The molecule has 1 aliphatic heterocycles. The summed E-state index contributed by atoms with van der Waals surface area (Å²) in [6.07, 6.45) is 2.29. The van der Waals surface area contributed by atoms with Crippen molar-refractivity contribution in [1.82, 2.24) is 14.5 Å². The SMILES string of the molecule is CCCSc1nnc(NC(=O)[C@@H]2CCCN(S(=O)(=O)c3ccc(Cl)cc3)C2)s1. The molecule has 152 valence electrons. The molecule has 1 aromatic carbocycles. The summed E-state index contributed by atoms with van der Waals surface area (Å²) in [5.74, 6) is 0.300. The number of piperidine rings is 1. The smallest absolute Gasteiger partial charge is 0.243 e. The van der Waals surface area contributed by atoms with Crippen LogP contribution >= 0.6 is 34.7 Å². The van der Waals surface area contributed by atoms with Crippen LogP contribution in [0.4, 0.5) is 5.13 Å². The number of benzene rings is 1. The number of nitrogens with zero attached hydrogens (tertiary/aromatic N) is 3. The van der Waals surface area contributed by atoms with E-state index in [4.69, 9.17) is 11.6 Å². The van der Waals surface area contributed by atoms with Crippen LogP contribution in [0, 0.1) is 5.92 Å². The Labute approximate surface area is 177 Å². The Balaban J connectivity index is 1.64. The molecule has 1 aromatic heterocycles. The monoisotopic (exact) mass is 460 g/mol. The molecule has 2 aromatic rings. The Hall–Kier alpha value is -1.20. The molecule has 28 heavy (non-hydrogen) atoms. The minimum absolute atomic E-state index is 0.146. The van der Waals surface area contributed by atoms with E-state index < -0.39 is 15.9 Å². The van der Waals surface area contributed by atoms with E-state index >= 15 is 0 Å². The van der Waals surface area contributed by atoms with Crippen LogP contribution in [-0.2, 0) is 14.8 Å². The van der Waals surface area contributed by atoms with Crippen molar-refractivity contribution in [2.75, 3.05) is 24.2 Å². The highest BCUT2D eigenvalue weighted by atomic mass is 35.5. The van der Waals surface area contributed by atoms with Crippen LogP contribution in [0.15, 0.2) is 33.5 Å². The minimum atomic E-state index is -3.66. The fraction of sp³-hybridized carbons (Fsp3) is 0.471. The summed E-state index contributed by atoms with van der Waals surface area (Å²) in [6.45, 7) is 2.63. The summed E-state index contributed by atoms with van der Waals surface area (Å²) in [5, 5.41) is 11.8. The number of anilines is 1. The first-order valence-corrected chi connectivity index (χ1v) is 12.5. The molecule has 0 spiro atoms. The van der Waals surface area contributed by atoms with Gasteiger partial charge in [-0.15, -0.1) is 10.2 Å². The van der Waals surface area contributed by atoms with Gasteiger partial charge in [0.1, 0.15) is 0 Å². The van der Waals surface area contributed by atoms with Crippen LogP contribution in [0.25, 0.3) is 0 Å². The summed E-state index contributed by atoms with van der Waals surface area (Å²) in [6, 6.07) is 6.06. The molecule has 2 heterocycles. The zero-order valence-electron chi connectivity index (χ0n) is 15.3. The Morgan fingerprint density at radius 2 is 2.11 bits per heavy atom. The number of rotatable bonds is 7. The molecule has 11 heteroatoms. The van der Waals surface area contributed by atoms with E-state index in [2.05, 4.69) is 22.4 Å². The van der Waals surface area contributed by atoms with E-state index in [1.165, 1.54) is 27.8 Å². The van der Waals surface area contributed by atoms with Gasteiger partial charge in [-0.25, -0.2) is 8.42 Å². The van der Waals surface area contributed by atoms with Crippen molar-refractivity contribution in [3.63, 3.8) is 0 Å². The third kappa shape index (κ3) is 5.24. The molecule has 0 bridgehead atoms. The van der Waals surface area contributed by atoms with Gasteiger partial charge in [0, 0.05) is 23.9 Å². The average molecular weight is 461 g/mol. The van der Waals surface area contributed by atoms with Gasteiger partial charge < -0.3 is 5.32 Å². The molecule has 1 amide bonds. The maximum Gasteiger partial charge on any atom is 0.243 e. The van der Waals surface area contributed by atoms with Crippen LogP contribution in [0.2, 0.25) is 5.02 Å². The number of carbonyl (C=O) groups excluding carboxylic acids is 1. The van der Waals surface area contributed by atoms with Crippen LogP contribution in [0.3, 0.4) is 0 Å². The van der Waals surface area contributed by atoms with Gasteiger partial charge in [0.15, 0.2) is 4.34 Å². The van der Waals surface area contributed by atoms with Crippen molar-refractivity contribution in [3.05, 3.63) is 29.3 Å². The van der Waals surface area contributed by atoms with Gasteiger partial charge in [0.05, 0.1) is 10.8 Å². The Kier molecular flexibility index (Phi) is 7.32. The van der Waals surface area contributed by atoms with Crippen LogP contribution < -0.4 is 5.32 Å². The van der Waals surface area contributed by atoms with E-state index in [0.717, 1.165) is 16.5 Å². The first-order chi connectivity index (χ1) is 13.4. The van der Waals surface area contributed by atoms with Gasteiger partial charge in [-0.2, -0.15) is 4.31 Å². The third-order valence-electron chi connectivity index (χ3n) is 4.27. The van der Waals surface area contributed by atoms with Crippen molar-refractivity contribution in [1.29, 1.82) is 0 Å². The van der Waals surface area contributed by atoms with Gasteiger partial charge >= 0.3 is 0 Å². The molecule has 1 N–H and O–H groups in total. The second-order valence-electron chi connectivity index (χ2n) is 6.37. The van der Waals surface area contributed by atoms with Crippen molar-refractivity contribution in [3.8, 4) is 0 Å². The quantitative estimate of drug-likeness (QED) is 0.500. The van der Waals surface area contributed by atoms with E-state index in [0.29, 0.717) is 29.5 Å². The van der Waals surface area contributed by atoms with Gasteiger partial charge in [0.25, 0.3) is 0 Å². The summed E-state index contributed by atoms with van der Waals surface area (Å²) in [7, 11) is -3.66. The summed E-state index contributed by atoms with van der Waals surface area (Å²) >= 11 is 8.78. The van der Waals surface area contributed by atoms with Crippen LogP contribution in [0.1, 0.15) is 26.2 Å². The topological polar surface area (TPSA) is 92.3 Å². The average Bonchev–Trinajstić information content (AvgIpc) is 3.14. The number of carbonyl (C=O) groups is 1. The molecule has 0 saturated carbocycles. The van der Waals surface area contributed by atoms with E-state index in [1.54, 1.807) is 23.9 Å². The van der Waals surface area contributed by atoms with Crippen molar-refractivity contribution in [2.24, 2.45) is 5.92 Å². The Morgan fingerprint density at radius 3 is 2.82 bits per heavy atom. The van der Waals surface area contributed by atoms with Gasteiger partial charge in [-0.3, -0.25) is 4.79 Å². The predicted octanol–water partition coefficient (Wildman–Crippen LogP) is 3.73. The van der Waals surface area contributed by atoms with Crippen LogP contribution in [0.5, 0.6) is 0 Å². The highest BCUT2D eigenvalue weighted by molar-refractivity contribution is 8.01.